The number of hydrogen-bond acceptors (Lipinski definition) is 8. The highest BCUT2D eigenvalue weighted by atomic mass is 32.2. The predicted molar refractivity (Wildman–Crippen MR) is 183 cm³/mol. The van der Waals surface area contributed by atoms with Gasteiger partial charge in [-0.15, -0.1) is 0 Å². The normalized spacial score (nSPS) is 12.0. The fraction of sp³-hybridized carbons (Fsp3) is 0.457. The van der Waals surface area contributed by atoms with Gasteiger partial charge >= 0.3 is 6.09 Å². The number of alkyl carbamates (subject to hydrolysis) is 1. The average molecular weight is 657 g/mol. The second-order valence-electron chi connectivity index (χ2n) is 12.4. The Bertz CT molecular complexity index is 1200. The van der Waals surface area contributed by atoms with Crippen molar-refractivity contribution in [3.05, 3.63) is 96.1 Å². The van der Waals surface area contributed by atoms with E-state index < -0.39 is 20.1 Å². The molecule has 3 rings (SSSR count). The third-order valence-corrected chi connectivity index (χ3v) is 8.56. The molecule has 0 atom stereocenters. The lowest BCUT2D eigenvalue weighted by Crippen LogP contribution is -2.36. The average Bonchev–Trinajstić information content (AvgIpc) is 3.00. The van der Waals surface area contributed by atoms with E-state index in [1.54, 1.807) is 19.1 Å². The topological polar surface area (TPSA) is 78.5 Å². The maximum atomic E-state index is 12.1. The van der Waals surface area contributed by atoms with E-state index in [2.05, 4.69) is 35.6 Å². The highest BCUT2D eigenvalue weighted by Crippen LogP contribution is 2.41. The summed E-state index contributed by atoms with van der Waals surface area (Å²) in [5.74, 6) is 0.821. The number of carbonyl (C=O) groups excluding carboxylic acids is 1. The Labute approximate surface area is 275 Å². The molecule has 0 saturated carbocycles. The summed E-state index contributed by atoms with van der Waals surface area (Å²) < 4.78 is 31.7. The minimum Gasteiger partial charge on any atom is -0.497 e. The van der Waals surface area contributed by atoms with Crippen LogP contribution in [-0.4, -0.2) is 55.7 Å². The van der Waals surface area contributed by atoms with E-state index in [0.29, 0.717) is 32.7 Å². The van der Waals surface area contributed by atoms with Gasteiger partial charge in [-0.1, -0.05) is 74.5 Å². The number of methoxy groups -OCH3 is 1. The molecule has 45 heavy (non-hydrogen) atoms. The molecule has 0 aliphatic carbocycles. The smallest absolute Gasteiger partial charge is 0.407 e. The molecule has 1 N–H and O–H groups in total. The predicted octanol–water partition coefficient (Wildman–Crippen LogP) is 8.66. The molecule has 0 aromatic heterocycles. The van der Waals surface area contributed by atoms with Gasteiger partial charge < -0.3 is 28.6 Å². The van der Waals surface area contributed by atoms with Crippen LogP contribution in [0, 0.1) is 5.41 Å². The zero-order chi connectivity index (χ0) is 32.5. The van der Waals surface area contributed by atoms with Gasteiger partial charge in [-0.05, 0) is 74.5 Å². The zero-order valence-corrected chi connectivity index (χ0v) is 29.2. The van der Waals surface area contributed by atoms with Crippen molar-refractivity contribution in [2.24, 2.45) is 5.41 Å². The Kier molecular flexibility index (Phi) is 15.6. The Morgan fingerprint density at radius 1 is 0.844 bits per heavy atom. The van der Waals surface area contributed by atoms with Crippen LogP contribution < -0.4 is 10.1 Å². The molecule has 0 radical (unpaired) electrons. The van der Waals surface area contributed by atoms with Gasteiger partial charge in [0.1, 0.15) is 17.7 Å². The van der Waals surface area contributed by atoms with Crippen LogP contribution in [-0.2, 0) is 31.7 Å². The molecule has 0 fully saturated rings. The van der Waals surface area contributed by atoms with Crippen LogP contribution in [0.15, 0.2) is 89.8 Å². The second kappa shape index (κ2) is 19.1. The Morgan fingerprint density at radius 2 is 1.42 bits per heavy atom. The van der Waals surface area contributed by atoms with Gasteiger partial charge in [-0.3, -0.25) is 0 Å². The summed E-state index contributed by atoms with van der Waals surface area (Å²) in [4.78, 5) is 13.2. The Morgan fingerprint density at radius 3 is 1.96 bits per heavy atom. The van der Waals surface area contributed by atoms with Crippen LogP contribution in [0.1, 0.15) is 52.2 Å². The molecular weight excluding hydrogens is 607 g/mol. The molecule has 10 heteroatoms. The molecule has 246 valence electrons. The summed E-state index contributed by atoms with van der Waals surface area (Å²) in [6.45, 7) is 13.5. The van der Waals surface area contributed by atoms with Crippen LogP contribution in [0.4, 0.5) is 4.79 Å². The van der Waals surface area contributed by atoms with Crippen molar-refractivity contribution in [3.63, 3.8) is 0 Å². The maximum Gasteiger partial charge on any atom is 0.407 e. The molecule has 0 aliphatic rings. The first-order chi connectivity index (χ1) is 21.5. The highest BCUT2D eigenvalue weighted by molar-refractivity contribution is 7.97. The number of benzene rings is 3. The van der Waals surface area contributed by atoms with E-state index >= 15 is 0 Å². The SMILES string of the molecule is COc1ccc(SN(CCCNC(=O)OC(C)(C)C)CC(C)(C)COCP(OCc2ccccc2)OCc2ccccc2)cc1. The van der Waals surface area contributed by atoms with E-state index in [0.717, 1.165) is 41.3 Å². The third kappa shape index (κ3) is 16.0. The third-order valence-electron chi connectivity index (χ3n) is 6.28. The lowest BCUT2D eigenvalue weighted by Gasteiger charge is -2.32. The van der Waals surface area contributed by atoms with Crippen LogP contribution in [0.2, 0.25) is 0 Å². The largest absolute Gasteiger partial charge is 0.497 e. The molecule has 0 bridgehead atoms. The summed E-state index contributed by atoms with van der Waals surface area (Å²) in [6.07, 6.45) is 0.751. The lowest BCUT2D eigenvalue weighted by molar-refractivity contribution is 0.0524. The summed E-state index contributed by atoms with van der Waals surface area (Å²) in [5.41, 5.74) is 1.50. The number of carbonyl (C=O) groups is 1. The van der Waals surface area contributed by atoms with Gasteiger partial charge in [0.2, 0.25) is 0 Å². The van der Waals surface area contributed by atoms with Gasteiger partial charge in [-0.2, -0.15) is 0 Å². The van der Waals surface area contributed by atoms with E-state index in [4.69, 9.17) is 23.3 Å². The molecule has 0 spiro atoms. The quantitative estimate of drug-likeness (QED) is 0.0781. The standard InChI is InChI=1S/C35H49N2O6PS/c1-34(2,3)43-33(38)36-22-13-23-37(45-32-20-18-31(39-6)19-21-32)26-35(4,5)27-40-28-44(41-24-29-14-9-7-10-15-29)42-25-30-16-11-8-12-17-30/h7-12,14-21H,13,22-28H2,1-6H3,(H,36,38). The Balaban J connectivity index is 1.56. The second-order valence-corrected chi connectivity index (χ2v) is 15.0. The fourth-order valence-electron chi connectivity index (χ4n) is 4.18. The number of hydrogen-bond donors (Lipinski definition) is 1. The molecule has 3 aromatic rings. The number of ether oxygens (including phenoxy) is 3. The van der Waals surface area contributed by atoms with Crippen molar-refractivity contribution in [2.75, 3.05) is 39.7 Å². The molecule has 0 unspecified atom stereocenters. The van der Waals surface area contributed by atoms with Gasteiger partial charge in [0, 0.05) is 29.9 Å². The minimum atomic E-state index is -1.26. The molecule has 3 aromatic carbocycles. The van der Waals surface area contributed by atoms with Crippen LogP contribution >= 0.6 is 20.3 Å². The summed E-state index contributed by atoms with van der Waals surface area (Å²) in [5, 5.41) is 2.87. The minimum absolute atomic E-state index is 0.169. The fourth-order valence-corrected chi connectivity index (χ4v) is 6.42. The van der Waals surface area contributed by atoms with Crippen molar-refractivity contribution >= 4 is 26.4 Å². The van der Waals surface area contributed by atoms with Gasteiger partial charge in [0.25, 0.3) is 0 Å². The first kappa shape index (κ1) is 36.8. The first-order valence-electron chi connectivity index (χ1n) is 15.2. The van der Waals surface area contributed by atoms with Crippen LogP contribution in [0.3, 0.4) is 0 Å². The maximum absolute atomic E-state index is 12.1. The molecule has 8 nitrogen and oxygen atoms in total. The van der Waals surface area contributed by atoms with Crippen LogP contribution in [0.5, 0.6) is 5.75 Å². The number of amides is 1. The molecule has 1 amide bonds. The van der Waals surface area contributed by atoms with E-state index in [-0.39, 0.29) is 5.41 Å². The highest BCUT2D eigenvalue weighted by Gasteiger charge is 2.25. The first-order valence-corrected chi connectivity index (χ1v) is 17.4. The lowest BCUT2D eigenvalue weighted by atomic mass is 9.95. The zero-order valence-electron chi connectivity index (χ0n) is 27.5. The molecule has 0 heterocycles. The van der Waals surface area contributed by atoms with Crippen molar-refractivity contribution in [2.45, 2.75) is 64.7 Å². The molecule has 0 aliphatic heterocycles. The Hall–Kier alpha value is -2.65. The number of rotatable bonds is 19. The van der Waals surface area contributed by atoms with E-state index in [1.807, 2.05) is 93.6 Å². The van der Waals surface area contributed by atoms with Crippen molar-refractivity contribution in [1.82, 2.24) is 9.62 Å². The summed E-state index contributed by atoms with van der Waals surface area (Å²) >= 11 is 1.69. The summed E-state index contributed by atoms with van der Waals surface area (Å²) in [7, 11) is 0.407. The van der Waals surface area contributed by atoms with Gasteiger partial charge in [0.05, 0.1) is 26.9 Å². The van der Waals surface area contributed by atoms with Crippen molar-refractivity contribution in [3.8, 4) is 5.75 Å². The van der Waals surface area contributed by atoms with Crippen LogP contribution in [0.25, 0.3) is 0 Å². The molecular formula is C35H49N2O6PS. The van der Waals surface area contributed by atoms with Crippen molar-refractivity contribution < 1.29 is 28.1 Å². The van der Waals surface area contributed by atoms with Gasteiger partial charge in [-0.25, -0.2) is 9.10 Å². The summed E-state index contributed by atoms with van der Waals surface area (Å²) in [6, 6.07) is 28.3. The number of nitrogens with one attached hydrogen (secondary N) is 1. The number of nitrogens with zero attached hydrogens (tertiary/aromatic N) is 1. The van der Waals surface area contributed by atoms with Gasteiger partial charge in [0.15, 0.2) is 8.38 Å². The molecule has 0 saturated heterocycles. The monoisotopic (exact) mass is 656 g/mol. The van der Waals surface area contributed by atoms with E-state index in [1.165, 1.54) is 0 Å². The van der Waals surface area contributed by atoms with E-state index in [9.17, 15) is 4.79 Å². The van der Waals surface area contributed by atoms with Crippen molar-refractivity contribution in [1.29, 1.82) is 0 Å².